The second kappa shape index (κ2) is 8.96. The van der Waals surface area contributed by atoms with E-state index in [4.69, 9.17) is 15.2 Å². The Balaban J connectivity index is 1.74. The molecular weight excluding hydrogens is 388 g/mol. The Morgan fingerprint density at radius 1 is 1.00 bits per heavy atom. The quantitative estimate of drug-likeness (QED) is 0.451. The maximum absolute atomic E-state index is 12.0. The van der Waals surface area contributed by atoms with Crippen molar-refractivity contribution in [2.24, 2.45) is 12.8 Å². The number of carbonyl (C=O) groups is 1. The van der Waals surface area contributed by atoms with Crippen LogP contribution in [0.3, 0.4) is 0 Å². The van der Waals surface area contributed by atoms with Crippen molar-refractivity contribution in [3.8, 4) is 11.5 Å². The number of aryl methyl sites for hydroxylation is 1. The lowest BCUT2D eigenvalue weighted by Crippen LogP contribution is -2.16. The van der Waals surface area contributed by atoms with Gasteiger partial charge >= 0.3 is 0 Å². The normalized spacial score (nSPS) is 11.9. The Bertz CT molecular complexity index is 1200. The van der Waals surface area contributed by atoms with E-state index in [0.717, 1.165) is 27.6 Å². The van der Waals surface area contributed by atoms with Gasteiger partial charge in [-0.3, -0.25) is 4.79 Å². The molecule has 0 bridgehead atoms. The minimum Gasteiger partial charge on any atom is -0.493 e. The Labute approximate surface area is 182 Å². The number of benzene rings is 3. The molecule has 4 rings (SSSR count). The first kappa shape index (κ1) is 20.5. The molecule has 1 heterocycles. The number of aromatic nitrogens is 1. The number of hydrogen-bond donors (Lipinski definition) is 1. The van der Waals surface area contributed by atoms with Crippen molar-refractivity contribution in [2.75, 3.05) is 7.11 Å². The van der Waals surface area contributed by atoms with Gasteiger partial charge in [-0.05, 0) is 34.9 Å². The van der Waals surface area contributed by atoms with E-state index < -0.39 is 0 Å². The van der Waals surface area contributed by atoms with E-state index >= 15 is 0 Å². The zero-order valence-electron chi connectivity index (χ0n) is 17.7. The SMILES string of the molecule is COc1ccc([C@H](CC(N)=O)c2cn(C)c3ccccc23)cc1OCc1ccccc1. The summed E-state index contributed by atoms with van der Waals surface area (Å²) in [7, 11) is 3.63. The number of fused-ring (bicyclic) bond motifs is 1. The molecule has 0 aliphatic rings. The van der Waals surface area contributed by atoms with Crippen LogP contribution in [0, 0.1) is 0 Å². The third-order valence-corrected chi connectivity index (χ3v) is 5.54. The third-order valence-electron chi connectivity index (χ3n) is 5.54. The molecule has 0 saturated carbocycles. The average molecular weight is 415 g/mol. The van der Waals surface area contributed by atoms with Gasteiger partial charge in [-0.2, -0.15) is 0 Å². The van der Waals surface area contributed by atoms with Gasteiger partial charge in [0.15, 0.2) is 11.5 Å². The second-order valence-electron chi connectivity index (χ2n) is 7.62. The fourth-order valence-electron chi connectivity index (χ4n) is 4.02. The molecule has 0 radical (unpaired) electrons. The van der Waals surface area contributed by atoms with E-state index in [-0.39, 0.29) is 18.2 Å². The molecule has 5 nitrogen and oxygen atoms in total. The molecule has 0 aliphatic carbocycles. The van der Waals surface area contributed by atoms with E-state index in [0.29, 0.717) is 18.1 Å². The number of rotatable bonds is 8. The van der Waals surface area contributed by atoms with Crippen molar-refractivity contribution in [3.63, 3.8) is 0 Å². The van der Waals surface area contributed by atoms with E-state index in [2.05, 4.69) is 22.9 Å². The minimum atomic E-state index is -0.347. The standard InChI is InChI=1S/C26H26N2O3/c1-28-16-22(20-10-6-7-11-23(20)28)21(15-26(27)29)19-12-13-24(30-2)25(14-19)31-17-18-8-4-3-5-9-18/h3-14,16,21H,15,17H2,1-2H3,(H2,27,29)/t21-/m0/s1. The van der Waals surface area contributed by atoms with Crippen LogP contribution in [0.5, 0.6) is 11.5 Å². The summed E-state index contributed by atoms with van der Waals surface area (Å²) in [6, 6.07) is 24.0. The number of primary amides is 1. The Kier molecular flexibility index (Phi) is 5.94. The molecule has 1 atom stereocenters. The summed E-state index contributed by atoms with van der Waals surface area (Å²) in [5.41, 5.74) is 9.85. The lowest BCUT2D eigenvalue weighted by Gasteiger charge is -2.18. The fraction of sp³-hybridized carbons (Fsp3) is 0.192. The summed E-state index contributed by atoms with van der Waals surface area (Å²) in [4.78, 5) is 12.0. The molecule has 1 amide bonds. The lowest BCUT2D eigenvalue weighted by atomic mass is 9.88. The van der Waals surface area contributed by atoms with Gasteiger partial charge in [0.05, 0.1) is 7.11 Å². The highest BCUT2D eigenvalue weighted by Crippen LogP contribution is 2.38. The number of amides is 1. The Hall–Kier alpha value is -3.73. The number of para-hydroxylation sites is 1. The molecule has 0 fully saturated rings. The van der Waals surface area contributed by atoms with E-state index in [9.17, 15) is 4.79 Å². The van der Waals surface area contributed by atoms with E-state index in [1.165, 1.54) is 0 Å². The van der Waals surface area contributed by atoms with Crippen LogP contribution in [0.25, 0.3) is 10.9 Å². The highest BCUT2D eigenvalue weighted by Gasteiger charge is 2.22. The minimum absolute atomic E-state index is 0.186. The first-order valence-electron chi connectivity index (χ1n) is 10.2. The molecular formula is C26H26N2O3. The molecule has 0 unspecified atom stereocenters. The van der Waals surface area contributed by atoms with Crippen molar-refractivity contribution in [2.45, 2.75) is 18.9 Å². The molecule has 0 spiro atoms. The second-order valence-corrected chi connectivity index (χ2v) is 7.62. The summed E-state index contributed by atoms with van der Waals surface area (Å²) in [5.74, 6) is 0.753. The molecule has 2 N–H and O–H groups in total. The first-order valence-corrected chi connectivity index (χ1v) is 10.2. The van der Waals surface area contributed by atoms with Gasteiger partial charge in [0.1, 0.15) is 6.61 Å². The lowest BCUT2D eigenvalue weighted by molar-refractivity contribution is -0.118. The molecule has 158 valence electrons. The predicted molar refractivity (Wildman–Crippen MR) is 122 cm³/mol. The van der Waals surface area contributed by atoms with Gasteiger partial charge in [-0.1, -0.05) is 54.6 Å². The largest absolute Gasteiger partial charge is 0.493 e. The maximum Gasteiger partial charge on any atom is 0.218 e. The van der Waals surface area contributed by atoms with Crippen LogP contribution in [0.2, 0.25) is 0 Å². The number of ether oxygens (including phenoxy) is 2. The van der Waals surface area contributed by atoms with Gasteiger partial charge in [0.25, 0.3) is 0 Å². The van der Waals surface area contributed by atoms with Gasteiger partial charge < -0.3 is 19.8 Å². The van der Waals surface area contributed by atoms with Crippen LogP contribution >= 0.6 is 0 Å². The van der Waals surface area contributed by atoms with E-state index in [1.54, 1.807) is 7.11 Å². The van der Waals surface area contributed by atoms with Crippen molar-refractivity contribution in [1.29, 1.82) is 0 Å². The van der Waals surface area contributed by atoms with Crippen molar-refractivity contribution < 1.29 is 14.3 Å². The summed E-state index contributed by atoms with van der Waals surface area (Å²) >= 11 is 0. The number of nitrogens with zero attached hydrogens (tertiary/aromatic N) is 1. The Morgan fingerprint density at radius 3 is 2.48 bits per heavy atom. The van der Waals surface area contributed by atoms with Crippen LogP contribution < -0.4 is 15.2 Å². The predicted octanol–water partition coefficient (Wildman–Crippen LogP) is 4.77. The monoisotopic (exact) mass is 414 g/mol. The number of carbonyl (C=O) groups excluding carboxylic acids is 1. The molecule has 3 aromatic carbocycles. The van der Waals surface area contributed by atoms with Crippen molar-refractivity contribution in [3.05, 3.63) is 95.7 Å². The summed E-state index contributed by atoms with van der Waals surface area (Å²) in [6.45, 7) is 0.426. The highest BCUT2D eigenvalue weighted by atomic mass is 16.5. The van der Waals surface area contributed by atoms with E-state index in [1.807, 2.05) is 67.7 Å². The van der Waals surface area contributed by atoms with Crippen LogP contribution in [-0.4, -0.2) is 17.6 Å². The topological polar surface area (TPSA) is 66.5 Å². The number of nitrogens with two attached hydrogens (primary N) is 1. The molecule has 31 heavy (non-hydrogen) atoms. The van der Waals surface area contributed by atoms with Gasteiger partial charge in [-0.25, -0.2) is 0 Å². The summed E-state index contributed by atoms with van der Waals surface area (Å²) < 4.78 is 13.7. The zero-order valence-corrected chi connectivity index (χ0v) is 17.7. The maximum atomic E-state index is 12.0. The average Bonchev–Trinajstić information content (AvgIpc) is 3.13. The third kappa shape index (κ3) is 4.40. The van der Waals surface area contributed by atoms with Crippen LogP contribution in [-0.2, 0) is 18.4 Å². The molecule has 0 aliphatic heterocycles. The molecule has 1 aromatic heterocycles. The highest BCUT2D eigenvalue weighted by molar-refractivity contribution is 5.86. The van der Waals surface area contributed by atoms with Crippen molar-refractivity contribution in [1.82, 2.24) is 4.57 Å². The van der Waals surface area contributed by atoms with Crippen molar-refractivity contribution >= 4 is 16.8 Å². The van der Waals surface area contributed by atoms with Crippen LogP contribution in [0.15, 0.2) is 79.0 Å². The number of hydrogen-bond acceptors (Lipinski definition) is 3. The summed E-state index contributed by atoms with van der Waals surface area (Å²) in [6.07, 6.45) is 2.28. The van der Waals surface area contributed by atoms with Gasteiger partial charge in [0.2, 0.25) is 5.91 Å². The smallest absolute Gasteiger partial charge is 0.218 e. The van der Waals surface area contributed by atoms with Crippen LogP contribution in [0.1, 0.15) is 29.0 Å². The molecule has 0 saturated heterocycles. The number of methoxy groups -OCH3 is 1. The zero-order chi connectivity index (χ0) is 21.8. The molecule has 4 aromatic rings. The fourth-order valence-corrected chi connectivity index (χ4v) is 4.02. The molecule has 5 heteroatoms. The first-order chi connectivity index (χ1) is 15.1. The van der Waals surface area contributed by atoms with Crippen LogP contribution in [0.4, 0.5) is 0 Å². The Morgan fingerprint density at radius 2 is 1.74 bits per heavy atom. The van der Waals surface area contributed by atoms with Gasteiger partial charge in [-0.15, -0.1) is 0 Å². The summed E-state index contributed by atoms with van der Waals surface area (Å²) in [5, 5.41) is 1.11. The van der Waals surface area contributed by atoms with Gasteiger partial charge in [0, 0.05) is 36.5 Å².